The Morgan fingerprint density at radius 1 is 1.09 bits per heavy atom. The van der Waals surface area contributed by atoms with E-state index in [1.807, 2.05) is 19.1 Å². The average Bonchev–Trinajstić information content (AvgIpc) is 1.86. The van der Waals surface area contributed by atoms with E-state index in [-0.39, 0.29) is 0 Å². The van der Waals surface area contributed by atoms with Crippen LogP contribution in [-0.4, -0.2) is 31.3 Å². The fourth-order valence-corrected chi connectivity index (χ4v) is 0.750. The van der Waals surface area contributed by atoms with Gasteiger partial charge in [0.25, 0.3) is 0 Å². The van der Waals surface area contributed by atoms with Crippen molar-refractivity contribution in [3.63, 3.8) is 0 Å². The molecule has 0 atom stereocenters. The molecular formula is C8H14N3+. The molecule has 0 radical (unpaired) electrons. The number of rotatable bonds is 1. The van der Waals surface area contributed by atoms with Gasteiger partial charge < -0.3 is 0 Å². The van der Waals surface area contributed by atoms with Crippen LogP contribution in [0.5, 0.6) is 0 Å². The summed E-state index contributed by atoms with van der Waals surface area (Å²) in [5, 5.41) is 8.05. The van der Waals surface area contributed by atoms with Crippen molar-refractivity contribution in [3.05, 3.63) is 17.8 Å². The van der Waals surface area contributed by atoms with Crippen LogP contribution in [0.1, 0.15) is 5.69 Å². The van der Waals surface area contributed by atoms with Crippen molar-refractivity contribution in [2.45, 2.75) is 6.92 Å². The molecule has 0 spiro atoms. The second-order valence-corrected chi connectivity index (χ2v) is 3.55. The van der Waals surface area contributed by atoms with E-state index in [1.54, 1.807) is 0 Å². The van der Waals surface area contributed by atoms with Gasteiger partial charge >= 0.3 is 0 Å². The molecule has 3 nitrogen and oxygen atoms in total. The first-order chi connectivity index (χ1) is 5.00. The highest BCUT2D eigenvalue weighted by Crippen LogP contribution is 2.10. The first-order valence-corrected chi connectivity index (χ1v) is 3.62. The first-order valence-electron chi connectivity index (χ1n) is 3.62. The Hall–Kier alpha value is -0.960. The van der Waals surface area contributed by atoms with Gasteiger partial charge in [-0.05, 0) is 13.0 Å². The zero-order valence-electron chi connectivity index (χ0n) is 7.50. The van der Waals surface area contributed by atoms with Gasteiger partial charge in [-0.15, -0.1) is 0 Å². The maximum atomic E-state index is 4.07. The van der Waals surface area contributed by atoms with Gasteiger partial charge in [-0.25, -0.2) is 0 Å². The number of hydrogen-bond acceptors (Lipinski definition) is 2. The van der Waals surface area contributed by atoms with Crippen molar-refractivity contribution in [1.82, 2.24) is 14.7 Å². The predicted molar refractivity (Wildman–Crippen MR) is 46.3 cm³/mol. The molecular weight excluding hydrogens is 138 g/mol. The molecule has 3 heteroatoms. The summed E-state index contributed by atoms with van der Waals surface area (Å²) in [7, 11) is 6.21. The van der Waals surface area contributed by atoms with E-state index in [0.29, 0.717) is 4.48 Å². The van der Waals surface area contributed by atoms with Crippen molar-refractivity contribution in [3.8, 4) is 0 Å². The zero-order chi connectivity index (χ0) is 8.48. The van der Waals surface area contributed by atoms with Gasteiger partial charge in [0.2, 0.25) is 5.82 Å². The normalized spacial score (nSPS) is 11.6. The number of hydrogen-bond donors (Lipinski definition) is 0. The van der Waals surface area contributed by atoms with Gasteiger partial charge in [-0.2, -0.15) is 5.10 Å². The fraction of sp³-hybridized carbons (Fsp3) is 0.500. The van der Waals surface area contributed by atoms with Crippen LogP contribution in [0, 0.1) is 6.92 Å². The lowest BCUT2D eigenvalue weighted by Gasteiger charge is -2.20. The van der Waals surface area contributed by atoms with Gasteiger partial charge in [0, 0.05) is 6.07 Å². The van der Waals surface area contributed by atoms with Crippen molar-refractivity contribution in [2.75, 3.05) is 21.1 Å². The number of aryl methyl sites for hydroxylation is 1. The number of nitrogens with zero attached hydrogens (tertiary/aromatic N) is 3. The highest BCUT2D eigenvalue weighted by atomic mass is 15.4. The molecule has 0 aromatic carbocycles. The molecule has 0 bridgehead atoms. The van der Waals surface area contributed by atoms with E-state index in [4.69, 9.17) is 0 Å². The SMILES string of the molecule is Cc1ccc([N+](C)(C)C)nn1. The average molecular weight is 152 g/mol. The molecule has 1 aromatic heterocycles. The standard InChI is InChI=1S/C8H14N3/c1-7-5-6-8(10-9-7)11(2,3)4/h5-6H,1-4H3/q+1. The largest absolute Gasteiger partial charge is 0.281 e. The Morgan fingerprint density at radius 3 is 2.09 bits per heavy atom. The Bertz CT molecular complexity index is 233. The Balaban J connectivity index is 2.99. The Morgan fingerprint density at radius 2 is 1.73 bits per heavy atom. The minimum atomic E-state index is 0.716. The molecule has 1 heterocycles. The van der Waals surface area contributed by atoms with E-state index in [0.717, 1.165) is 11.5 Å². The Labute approximate surface area is 67.3 Å². The van der Waals surface area contributed by atoms with Crippen LogP contribution in [0.15, 0.2) is 12.1 Å². The minimum Gasteiger partial charge on any atom is -0.281 e. The van der Waals surface area contributed by atoms with E-state index in [9.17, 15) is 0 Å². The monoisotopic (exact) mass is 152 g/mol. The van der Waals surface area contributed by atoms with Gasteiger partial charge in [-0.3, -0.25) is 4.48 Å². The summed E-state index contributed by atoms with van der Waals surface area (Å²) in [6.07, 6.45) is 0. The van der Waals surface area contributed by atoms with Crippen LogP contribution in [-0.2, 0) is 0 Å². The van der Waals surface area contributed by atoms with Gasteiger partial charge in [0.05, 0.1) is 26.8 Å². The van der Waals surface area contributed by atoms with Gasteiger partial charge in [0.15, 0.2) is 0 Å². The highest BCUT2D eigenvalue weighted by Gasteiger charge is 2.12. The molecule has 11 heavy (non-hydrogen) atoms. The van der Waals surface area contributed by atoms with Crippen molar-refractivity contribution in [2.24, 2.45) is 0 Å². The van der Waals surface area contributed by atoms with Gasteiger partial charge in [0.1, 0.15) is 0 Å². The molecule has 0 amide bonds. The second kappa shape index (κ2) is 2.58. The van der Waals surface area contributed by atoms with Crippen molar-refractivity contribution in [1.29, 1.82) is 0 Å². The van der Waals surface area contributed by atoms with Crippen LogP contribution in [0.3, 0.4) is 0 Å². The molecule has 0 aliphatic carbocycles. The summed E-state index contributed by atoms with van der Waals surface area (Å²) in [4.78, 5) is 0. The molecule has 0 saturated heterocycles. The molecule has 0 unspecified atom stereocenters. The molecule has 0 aliphatic rings. The summed E-state index contributed by atoms with van der Waals surface area (Å²) < 4.78 is 0.716. The summed E-state index contributed by atoms with van der Waals surface area (Å²) in [5.74, 6) is 0.982. The molecule has 0 aliphatic heterocycles. The molecule has 1 rings (SSSR count). The molecule has 0 N–H and O–H groups in total. The molecule has 0 fully saturated rings. The van der Waals surface area contributed by atoms with Crippen LogP contribution in [0.4, 0.5) is 5.82 Å². The quantitative estimate of drug-likeness (QED) is 0.561. The van der Waals surface area contributed by atoms with E-state index in [1.165, 1.54) is 0 Å². The van der Waals surface area contributed by atoms with Crippen molar-refractivity contribution < 1.29 is 0 Å². The third-order valence-electron chi connectivity index (χ3n) is 1.47. The maximum Gasteiger partial charge on any atom is 0.246 e. The summed E-state index contributed by atoms with van der Waals surface area (Å²) in [5.41, 5.74) is 0.960. The highest BCUT2D eigenvalue weighted by molar-refractivity contribution is 5.30. The van der Waals surface area contributed by atoms with E-state index in [2.05, 4.69) is 31.3 Å². The minimum absolute atomic E-state index is 0.716. The number of quaternary nitrogens is 1. The predicted octanol–water partition coefficient (Wildman–Crippen LogP) is 0.982. The summed E-state index contributed by atoms with van der Waals surface area (Å²) in [6.45, 7) is 1.94. The maximum absolute atomic E-state index is 4.07. The van der Waals surface area contributed by atoms with Crippen LogP contribution >= 0.6 is 0 Å². The van der Waals surface area contributed by atoms with Crippen LogP contribution in [0.25, 0.3) is 0 Å². The molecule has 60 valence electrons. The van der Waals surface area contributed by atoms with Crippen molar-refractivity contribution >= 4 is 5.82 Å². The van der Waals surface area contributed by atoms with Crippen LogP contribution < -0.4 is 4.48 Å². The fourth-order valence-electron chi connectivity index (χ4n) is 0.750. The molecule has 1 aromatic rings. The lowest BCUT2D eigenvalue weighted by molar-refractivity contribution is 0.467. The summed E-state index contributed by atoms with van der Waals surface area (Å²) in [6, 6.07) is 3.98. The molecule has 0 saturated carbocycles. The third-order valence-corrected chi connectivity index (χ3v) is 1.47. The lowest BCUT2D eigenvalue weighted by Crippen LogP contribution is -2.35. The Kier molecular flexibility index (Phi) is 1.91. The zero-order valence-corrected chi connectivity index (χ0v) is 7.50. The number of aromatic nitrogens is 2. The van der Waals surface area contributed by atoms with E-state index >= 15 is 0 Å². The third kappa shape index (κ3) is 1.98. The van der Waals surface area contributed by atoms with E-state index < -0.39 is 0 Å². The van der Waals surface area contributed by atoms with Crippen LogP contribution in [0.2, 0.25) is 0 Å². The second-order valence-electron chi connectivity index (χ2n) is 3.55. The topological polar surface area (TPSA) is 25.8 Å². The smallest absolute Gasteiger partial charge is 0.246 e. The van der Waals surface area contributed by atoms with Gasteiger partial charge in [-0.1, -0.05) is 5.10 Å². The summed E-state index contributed by atoms with van der Waals surface area (Å²) >= 11 is 0. The first kappa shape index (κ1) is 8.14. The lowest BCUT2D eigenvalue weighted by atomic mass is 10.4.